The SMILES string of the molecule is NCc1cc(CN2CCN(c3nccs3)CC2)on1. The molecule has 19 heavy (non-hydrogen) atoms. The maximum atomic E-state index is 5.52. The van der Waals surface area contributed by atoms with Gasteiger partial charge in [-0.3, -0.25) is 4.90 Å². The Kier molecular flexibility index (Phi) is 3.77. The van der Waals surface area contributed by atoms with E-state index in [0.717, 1.165) is 49.3 Å². The van der Waals surface area contributed by atoms with Crippen LogP contribution in [0.15, 0.2) is 22.2 Å². The van der Waals surface area contributed by atoms with Gasteiger partial charge in [0.25, 0.3) is 0 Å². The van der Waals surface area contributed by atoms with Crippen molar-refractivity contribution in [3.05, 3.63) is 29.1 Å². The minimum absolute atomic E-state index is 0.432. The first-order chi connectivity index (χ1) is 9.35. The molecule has 0 amide bonds. The average molecular weight is 279 g/mol. The van der Waals surface area contributed by atoms with Gasteiger partial charge in [-0.25, -0.2) is 4.98 Å². The molecule has 6 nitrogen and oxygen atoms in total. The number of hydrogen-bond acceptors (Lipinski definition) is 7. The summed E-state index contributed by atoms with van der Waals surface area (Å²) >= 11 is 1.69. The summed E-state index contributed by atoms with van der Waals surface area (Å²) < 4.78 is 5.26. The quantitative estimate of drug-likeness (QED) is 0.897. The van der Waals surface area contributed by atoms with Crippen LogP contribution in [0.25, 0.3) is 0 Å². The van der Waals surface area contributed by atoms with Crippen molar-refractivity contribution < 1.29 is 4.52 Å². The largest absolute Gasteiger partial charge is 0.360 e. The number of nitrogens with zero attached hydrogens (tertiary/aromatic N) is 4. The van der Waals surface area contributed by atoms with Crippen molar-refractivity contribution >= 4 is 16.5 Å². The van der Waals surface area contributed by atoms with Gasteiger partial charge in [-0.15, -0.1) is 11.3 Å². The molecule has 2 aromatic heterocycles. The van der Waals surface area contributed by atoms with Gasteiger partial charge < -0.3 is 15.2 Å². The Balaban J connectivity index is 1.52. The van der Waals surface area contributed by atoms with Crippen molar-refractivity contribution in [1.29, 1.82) is 0 Å². The minimum atomic E-state index is 0.432. The first-order valence-corrected chi connectivity index (χ1v) is 7.24. The number of nitrogens with two attached hydrogens (primary N) is 1. The summed E-state index contributed by atoms with van der Waals surface area (Å²) in [6, 6.07) is 1.94. The van der Waals surface area contributed by atoms with Gasteiger partial charge in [0.2, 0.25) is 0 Å². The molecule has 3 rings (SSSR count). The summed E-state index contributed by atoms with van der Waals surface area (Å²) in [5.74, 6) is 0.892. The van der Waals surface area contributed by atoms with Crippen LogP contribution in [-0.2, 0) is 13.1 Å². The Morgan fingerprint density at radius 1 is 1.32 bits per heavy atom. The van der Waals surface area contributed by atoms with Crippen molar-refractivity contribution in [3.63, 3.8) is 0 Å². The summed E-state index contributed by atoms with van der Waals surface area (Å²) in [5, 5.41) is 7.04. The Bertz CT molecular complexity index is 504. The number of thiazole rings is 1. The lowest BCUT2D eigenvalue weighted by molar-refractivity contribution is 0.219. The van der Waals surface area contributed by atoms with Crippen LogP contribution >= 0.6 is 11.3 Å². The third-order valence-corrected chi connectivity index (χ3v) is 4.09. The zero-order valence-corrected chi connectivity index (χ0v) is 11.5. The van der Waals surface area contributed by atoms with Crippen molar-refractivity contribution in [2.24, 2.45) is 5.73 Å². The van der Waals surface area contributed by atoms with E-state index >= 15 is 0 Å². The van der Waals surface area contributed by atoms with Gasteiger partial charge >= 0.3 is 0 Å². The first kappa shape index (κ1) is 12.6. The van der Waals surface area contributed by atoms with E-state index in [2.05, 4.69) is 19.9 Å². The van der Waals surface area contributed by atoms with Crippen molar-refractivity contribution in [2.45, 2.75) is 13.1 Å². The topological polar surface area (TPSA) is 71.4 Å². The van der Waals surface area contributed by atoms with Gasteiger partial charge in [0.05, 0.1) is 12.2 Å². The van der Waals surface area contributed by atoms with E-state index in [9.17, 15) is 0 Å². The molecule has 0 unspecified atom stereocenters. The molecule has 0 aromatic carbocycles. The van der Waals surface area contributed by atoms with E-state index in [1.807, 2.05) is 17.6 Å². The molecule has 0 saturated carbocycles. The van der Waals surface area contributed by atoms with Gasteiger partial charge in [-0.1, -0.05) is 5.16 Å². The molecule has 1 fully saturated rings. The Hall–Kier alpha value is -1.44. The number of rotatable bonds is 4. The molecule has 0 atom stereocenters. The summed E-state index contributed by atoms with van der Waals surface area (Å²) in [4.78, 5) is 9.04. The molecule has 0 bridgehead atoms. The molecule has 102 valence electrons. The molecule has 7 heteroatoms. The van der Waals surface area contributed by atoms with Crippen LogP contribution in [0.5, 0.6) is 0 Å². The predicted molar refractivity (Wildman–Crippen MR) is 74.0 cm³/mol. The van der Waals surface area contributed by atoms with Crippen LogP contribution in [0.2, 0.25) is 0 Å². The minimum Gasteiger partial charge on any atom is -0.360 e. The number of aromatic nitrogens is 2. The maximum absolute atomic E-state index is 5.52. The summed E-state index contributed by atoms with van der Waals surface area (Å²) in [7, 11) is 0. The number of hydrogen-bond donors (Lipinski definition) is 1. The molecule has 0 spiro atoms. The first-order valence-electron chi connectivity index (χ1n) is 6.36. The van der Waals surface area contributed by atoms with Gasteiger partial charge in [-0.05, 0) is 0 Å². The van der Waals surface area contributed by atoms with Gasteiger partial charge in [0, 0.05) is 50.4 Å². The molecular weight excluding hydrogens is 262 g/mol. The zero-order valence-electron chi connectivity index (χ0n) is 10.7. The molecule has 1 aliphatic heterocycles. The van der Waals surface area contributed by atoms with E-state index in [1.165, 1.54) is 0 Å². The number of anilines is 1. The Morgan fingerprint density at radius 3 is 2.79 bits per heavy atom. The molecule has 0 radical (unpaired) electrons. The lowest BCUT2D eigenvalue weighted by Crippen LogP contribution is -2.45. The second kappa shape index (κ2) is 5.68. The molecule has 3 heterocycles. The number of piperazine rings is 1. The van der Waals surface area contributed by atoms with Crippen LogP contribution in [0.3, 0.4) is 0 Å². The third-order valence-electron chi connectivity index (χ3n) is 3.26. The fraction of sp³-hybridized carbons (Fsp3) is 0.500. The van der Waals surface area contributed by atoms with E-state index in [0.29, 0.717) is 6.54 Å². The lowest BCUT2D eigenvalue weighted by Gasteiger charge is -2.33. The molecule has 0 aliphatic carbocycles. The third kappa shape index (κ3) is 2.94. The monoisotopic (exact) mass is 279 g/mol. The van der Waals surface area contributed by atoms with Crippen molar-refractivity contribution in [3.8, 4) is 0 Å². The highest BCUT2D eigenvalue weighted by atomic mass is 32.1. The average Bonchev–Trinajstić information content (AvgIpc) is 3.10. The van der Waals surface area contributed by atoms with E-state index in [-0.39, 0.29) is 0 Å². The van der Waals surface area contributed by atoms with E-state index in [4.69, 9.17) is 10.3 Å². The van der Waals surface area contributed by atoms with Gasteiger partial charge in [0.1, 0.15) is 0 Å². The molecule has 1 aliphatic rings. The lowest BCUT2D eigenvalue weighted by atomic mass is 10.3. The summed E-state index contributed by atoms with van der Waals surface area (Å²) in [6.45, 7) is 5.27. The van der Waals surface area contributed by atoms with E-state index in [1.54, 1.807) is 11.3 Å². The standard InChI is InChI=1S/C12H17N5OS/c13-8-10-7-11(18-15-10)9-16-2-4-17(5-3-16)12-14-1-6-19-12/h1,6-7H,2-5,8-9,13H2. The fourth-order valence-electron chi connectivity index (χ4n) is 2.22. The molecule has 2 N–H and O–H groups in total. The van der Waals surface area contributed by atoms with E-state index < -0.39 is 0 Å². The van der Waals surface area contributed by atoms with Crippen LogP contribution in [0.1, 0.15) is 11.5 Å². The van der Waals surface area contributed by atoms with Gasteiger partial charge in [-0.2, -0.15) is 0 Å². The van der Waals surface area contributed by atoms with Crippen LogP contribution < -0.4 is 10.6 Å². The van der Waals surface area contributed by atoms with Crippen LogP contribution in [-0.4, -0.2) is 41.2 Å². The highest BCUT2D eigenvalue weighted by Crippen LogP contribution is 2.19. The Morgan fingerprint density at radius 2 is 2.16 bits per heavy atom. The summed E-state index contributed by atoms with van der Waals surface area (Å²) in [5.41, 5.74) is 6.34. The fourth-order valence-corrected chi connectivity index (χ4v) is 2.91. The maximum Gasteiger partial charge on any atom is 0.185 e. The van der Waals surface area contributed by atoms with Crippen molar-refractivity contribution in [2.75, 3.05) is 31.1 Å². The van der Waals surface area contributed by atoms with Crippen molar-refractivity contribution in [1.82, 2.24) is 15.0 Å². The normalized spacial score (nSPS) is 17.0. The second-order valence-electron chi connectivity index (χ2n) is 4.57. The van der Waals surface area contributed by atoms with Gasteiger partial charge in [0.15, 0.2) is 10.9 Å². The Labute approximate surface area is 115 Å². The predicted octanol–water partition coefficient (Wildman–Crippen LogP) is 0.912. The smallest absolute Gasteiger partial charge is 0.185 e. The van der Waals surface area contributed by atoms with Crippen LogP contribution in [0.4, 0.5) is 5.13 Å². The second-order valence-corrected chi connectivity index (χ2v) is 5.44. The molecular formula is C12H17N5OS. The highest BCUT2D eigenvalue weighted by Gasteiger charge is 2.19. The zero-order chi connectivity index (χ0) is 13.1. The summed E-state index contributed by atoms with van der Waals surface area (Å²) in [6.07, 6.45) is 1.86. The van der Waals surface area contributed by atoms with Crippen LogP contribution in [0, 0.1) is 0 Å². The molecule has 1 saturated heterocycles. The highest BCUT2D eigenvalue weighted by molar-refractivity contribution is 7.13. The molecule has 2 aromatic rings.